The van der Waals surface area contributed by atoms with E-state index in [1.54, 1.807) is 0 Å². The molecular weight excluding hydrogens is 194 g/mol. The topological polar surface area (TPSA) is 53.1 Å². The van der Waals surface area contributed by atoms with Crippen LogP contribution in [0.3, 0.4) is 0 Å². The van der Waals surface area contributed by atoms with Crippen LogP contribution in [0, 0.1) is 0 Å². The number of amides is 1. The molecule has 1 amide bonds. The van der Waals surface area contributed by atoms with Gasteiger partial charge in [0.25, 0.3) is 0 Å². The van der Waals surface area contributed by atoms with E-state index in [1.807, 2.05) is 30.3 Å². The predicted octanol–water partition coefficient (Wildman–Crippen LogP) is 1.57. The SMILES string of the molecule is O=C(O)N(Cc1ccccc1)CC1CO1. The first-order valence-corrected chi connectivity index (χ1v) is 4.89. The highest BCUT2D eigenvalue weighted by Crippen LogP contribution is 2.13. The lowest BCUT2D eigenvalue weighted by atomic mass is 10.2. The van der Waals surface area contributed by atoms with Crippen LogP contribution in [0.15, 0.2) is 30.3 Å². The van der Waals surface area contributed by atoms with Crippen molar-refractivity contribution < 1.29 is 14.6 Å². The lowest BCUT2D eigenvalue weighted by Crippen LogP contribution is -2.32. The van der Waals surface area contributed by atoms with Gasteiger partial charge in [0, 0.05) is 6.54 Å². The van der Waals surface area contributed by atoms with E-state index >= 15 is 0 Å². The molecule has 1 aliphatic rings. The Morgan fingerprint density at radius 2 is 2.13 bits per heavy atom. The van der Waals surface area contributed by atoms with E-state index < -0.39 is 6.09 Å². The molecule has 1 N–H and O–H groups in total. The number of benzene rings is 1. The molecular formula is C11H13NO3. The zero-order valence-corrected chi connectivity index (χ0v) is 8.30. The first kappa shape index (κ1) is 9.98. The van der Waals surface area contributed by atoms with Crippen molar-refractivity contribution in [3.8, 4) is 0 Å². The maximum atomic E-state index is 10.9. The predicted molar refractivity (Wildman–Crippen MR) is 54.6 cm³/mol. The number of ether oxygens (including phenoxy) is 1. The van der Waals surface area contributed by atoms with Crippen LogP contribution in [-0.4, -0.2) is 35.4 Å². The zero-order valence-electron chi connectivity index (χ0n) is 8.30. The highest BCUT2D eigenvalue weighted by atomic mass is 16.6. The van der Waals surface area contributed by atoms with E-state index in [2.05, 4.69) is 0 Å². The third-order valence-electron chi connectivity index (χ3n) is 2.31. The van der Waals surface area contributed by atoms with Crippen LogP contribution in [0.1, 0.15) is 5.56 Å². The van der Waals surface area contributed by atoms with Crippen LogP contribution in [0.4, 0.5) is 4.79 Å². The molecule has 0 spiro atoms. The summed E-state index contributed by atoms with van der Waals surface area (Å²) in [5, 5.41) is 8.98. The Kier molecular flexibility index (Phi) is 2.87. The summed E-state index contributed by atoms with van der Waals surface area (Å²) in [5.74, 6) is 0. The summed E-state index contributed by atoms with van der Waals surface area (Å²) in [4.78, 5) is 12.3. The molecule has 0 aliphatic carbocycles. The molecule has 1 aromatic rings. The van der Waals surface area contributed by atoms with Gasteiger partial charge in [-0.05, 0) is 5.56 Å². The van der Waals surface area contributed by atoms with Crippen molar-refractivity contribution in [1.29, 1.82) is 0 Å². The van der Waals surface area contributed by atoms with E-state index in [1.165, 1.54) is 4.90 Å². The molecule has 1 fully saturated rings. The Bertz CT molecular complexity index is 335. The van der Waals surface area contributed by atoms with Crippen molar-refractivity contribution in [2.24, 2.45) is 0 Å². The first-order chi connectivity index (χ1) is 7.25. The van der Waals surface area contributed by atoms with E-state index in [-0.39, 0.29) is 6.10 Å². The summed E-state index contributed by atoms with van der Waals surface area (Å²) in [5.41, 5.74) is 1.00. The van der Waals surface area contributed by atoms with Gasteiger partial charge in [-0.2, -0.15) is 0 Å². The molecule has 1 unspecified atom stereocenters. The molecule has 0 bridgehead atoms. The molecule has 0 radical (unpaired) electrons. The molecule has 2 rings (SSSR count). The van der Waals surface area contributed by atoms with Crippen molar-refractivity contribution in [3.63, 3.8) is 0 Å². The van der Waals surface area contributed by atoms with Crippen LogP contribution < -0.4 is 0 Å². The molecule has 1 aliphatic heterocycles. The Balaban J connectivity index is 1.96. The molecule has 0 aromatic heterocycles. The van der Waals surface area contributed by atoms with Gasteiger partial charge in [-0.1, -0.05) is 30.3 Å². The lowest BCUT2D eigenvalue weighted by Gasteiger charge is -2.17. The van der Waals surface area contributed by atoms with Gasteiger partial charge in [0.15, 0.2) is 0 Å². The fraction of sp³-hybridized carbons (Fsp3) is 0.364. The first-order valence-electron chi connectivity index (χ1n) is 4.89. The van der Waals surface area contributed by atoms with Crippen LogP contribution in [0.5, 0.6) is 0 Å². The summed E-state index contributed by atoms with van der Waals surface area (Å²) in [6.45, 7) is 1.57. The fourth-order valence-electron chi connectivity index (χ4n) is 1.43. The summed E-state index contributed by atoms with van der Waals surface area (Å²) < 4.78 is 5.02. The van der Waals surface area contributed by atoms with Gasteiger partial charge in [0.2, 0.25) is 0 Å². The molecule has 4 nitrogen and oxygen atoms in total. The van der Waals surface area contributed by atoms with E-state index in [0.29, 0.717) is 19.7 Å². The van der Waals surface area contributed by atoms with Gasteiger partial charge in [-0.15, -0.1) is 0 Å². The monoisotopic (exact) mass is 207 g/mol. The highest BCUT2D eigenvalue weighted by Gasteiger charge is 2.27. The van der Waals surface area contributed by atoms with Gasteiger partial charge >= 0.3 is 6.09 Å². The quantitative estimate of drug-likeness (QED) is 0.762. The maximum Gasteiger partial charge on any atom is 0.407 e. The van der Waals surface area contributed by atoms with Crippen LogP contribution in [0.2, 0.25) is 0 Å². The third-order valence-corrected chi connectivity index (χ3v) is 2.31. The van der Waals surface area contributed by atoms with E-state index in [4.69, 9.17) is 9.84 Å². The van der Waals surface area contributed by atoms with Crippen molar-refractivity contribution >= 4 is 6.09 Å². The molecule has 15 heavy (non-hydrogen) atoms. The van der Waals surface area contributed by atoms with E-state index in [0.717, 1.165) is 5.56 Å². The smallest absolute Gasteiger partial charge is 0.407 e. The number of hydrogen-bond acceptors (Lipinski definition) is 2. The number of nitrogens with zero attached hydrogens (tertiary/aromatic N) is 1. The summed E-state index contributed by atoms with van der Waals surface area (Å²) in [7, 11) is 0. The largest absolute Gasteiger partial charge is 0.465 e. The molecule has 80 valence electrons. The van der Waals surface area contributed by atoms with Crippen molar-refractivity contribution in [1.82, 2.24) is 4.90 Å². The van der Waals surface area contributed by atoms with Crippen LogP contribution in [-0.2, 0) is 11.3 Å². The molecule has 1 aromatic carbocycles. The minimum atomic E-state index is -0.894. The molecule has 4 heteroatoms. The minimum Gasteiger partial charge on any atom is -0.465 e. The van der Waals surface area contributed by atoms with Crippen molar-refractivity contribution in [2.45, 2.75) is 12.6 Å². The van der Waals surface area contributed by atoms with Gasteiger partial charge in [0.05, 0.1) is 19.3 Å². The third kappa shape index (κ3) is 2.95. The van der Waals surface area contributed by atoms with E-state index in [9.17, 15) is 4.79 Å². The molecule has 0 saturated carbocycles. The Morgan fingerprint density at radius 1 is 1.47 bits per heavy atom. The highest BCUT2D eigenvalue weighted by molar-refractivity contribution is 5.65. The molecule has 1 atom stereocenters. The average molecular weight is 207 g/mol. The second kappa shape index (κ2) is 4.31. The Hall–Kier alpha value is -1.55. The maximum absolute atomic E-state index is 10.9. The Labute approximate surface area is 88.1 Å². The Morgan fingerprint density at radius 3 is 2.67 bits per heavy atom. The van der Waals surface area contributed by atoms with Gasteiger partial charge < -0.3 is 14.7 Å². The van der Waals surface area contributed by atoms with Crippen LogP contribution >= 0.6 is 0 Å². The van der Waals surface area contributed by atoms with Gasteiger partial charge in [0.1, 0.15) is 0 Å². The van der Waals surface area contributed by atoms with Gasteiger partial charge in [-0.3, -0.25) is 0 Å². The summed E-state index contributed by atoms with van der Waals surface area (Å²) in [6, 6.07) is 9.57. The normalized spacial score (nSPS) is 18.5. The number of carboxylic acid groups (broad SMARTS) is 1. The minimum absolute atomic E-state index is 0.102. The summed E-state index contributed by atoms with van der Waals surface area (Å²) >= 11 is 0. The van der Waals surface area contributed by atoms with Gasteiger partial charge in [-0.25, -0.2) is 4.79 Å². The zero-order chi connectivity index (χ0) is 10.7. The average Bonchev–Trinajstić information content (AvgIpc) is 3.02. The second-order valence-corrected chi connectivity index (χ2v) is 3.60. The van der Waals surface area contributed by atoms with Crippen molar-refractivity contribution in [3.05, 3.63) is 35.9 Å². The number of carbonyl (C=O) groups is 1. The number of hydrogen-bond donors (Lipinski definition) is 1. The number of rotatable bonds is 4. The number of epoxide rings is 1. The fourth-order valence-corrected chi connectivity index (χ4v) is 1.43. The molecule has 1 saturated heterocycles. The lowest BCUT2D eigenvalue weighted by molar-refractivity contribution is 0.137. The van der Waals surface area contributed by atoms with Crippen molar-refractivity contribution in [2.75, 3.05) is 13.2 Å². The summed E-state index contributed by atoms with van der Waals surface area (Å²) in [6.07, 6.45) is -0.792. The van der Waals surface area contributed by atoms with Crippen LogP contribution in [0.25, 0.3) is 0 Å². The standard InChI is InChI=1S/C11H13NO3/c13-11(14)12(7-10-8-15-10)6-9-4-2-1-3-5-9/h1-5,10H,6-8H2,(H,13,14). The molecule has 1 heterocycles. The second-order valence-electron chi connectivity index (χ2n) is 3.60.